The van der Waals surface area contributed by atoms with E-state index in [-0.39, 0.29) is 5.41 Å². The minimum absolute atomic E-state index is 0.154. The van der Waals surface area contributed by atoms with Crippen molar-refractivity contribution >= 4 is 22.4 Å². The zero-order valence-electron chi connectivity index (χ0n) is 20.9. The molecule has 34 heavy (non-hydrogen) atoms. The van der Waals surface area contributed by atoms with Gasteiger partial charge in [-0.2, -0.15) is 0 Å². The van der Waals surface area contributed by atoms with E-state index in [0.29, 0.717) is 13.3 Å². The number of nitrogens with zero attached hydrogens (tertiary/aromatic N) is 3. The quantitative estimate of drug-likeness (QED) is 0.427. The summed E-state index contributed by atoms with van der Waals surface area (Å²) in [6.07, 6.45) is 5.52. The minimum Gasteiger partial charge on any atom is -0.493 e. The van der Waals surface area contributed by atoms with Crippen LogP contribution < -0.4 is 15.4 Å². The summed E-state index contributed by atoms with van der Waals surface area (Å²) < 4.78 is 5.94. The van der Waals surface area contributed by atoms with Gasteiger partial charge in [-0.3, -0.25) is 4.99 Å². The van der Waals surface area contributed by atoms with Crippen molar-refractivity contribution in [2.45, 2.75) is 47.5 Å². The monoisotopic (exact) mass is 457 g/mol. The zero-order valence-corrected chi connectivity index (χ0v) is 20.9. The first kappa shape index (κ1) is 23.7. The van der Waals surface area contributed by atoms with Gasteiger partial charge in [0.1, 0.15) is 17.9 Å². The van der Waals surface area contributed by atoms with E-state index in [1.54, 1.807) is 6.33 Å². The number of aromatic nitrogens is 2. The van der Waals surface area contributed by atoms with Gasteiger partial charge in [0.05, 0.1) is 31.0 Å². The van der Waals surface area contributed by atoms with Gasteiger partial charge in [-0.05, 0) is 65.8 Å². The van der Waals surface area contributed by atoms with E-state index in [1.807, 2.05) is 0 Å². The molecule has 1 aromatic heterocycles. The number of rotatable bonds is 8. The molecule has 178 valence electrons. The molecule has 0 unspecified atom stereocenters. The number of hydrogen-bond donors (Lipinski definition) is 2. The highest BCUT2D eigenvalue weighted by molar-refractivity contribution is 5.95. The van der Waals surface area contributed by atoms with Crippen molar-refractivity contribution in [3.8, 4) is 5.75 Å². The van der Waals surface area contributed by atoms with Gasteiger partial charge in [-0.1, -0.05) is 39.8 Å². The number of benzene rings is 2. The molecule has 0 bridgehead atoms. The molecule has 2 N–H and O–H groups in total. The molecule has 3 aromatic rings. The van der Waals surface area contributed by atoms with E-state index in [2.05, 4.69) is 103 Å². The lowest BCUT2D eigenvalue weighted by molar-refractivity contribution is 0.316. The van der Waals surface area contributed by atoms with E-state index in [1.165, 1.54) is 11.1 Å². The first-order valence-corrected chi connectivity index (χ1v) is 12.0. The number of nitrogens with one attached hydrogen (secondary N) is 2. The van der Waals surface area contributed by atoms with Crippen molar-refractivity contribution in [1.29, 1.82) is 0 Å². The number of ether oxygens (including phenoxy) is 1. The summed E-state index contributed by atoms with van der Waals surface area (Å²) in [4.78, 5) is 13.7. The van der Waals surface area contributed by atoms with E-state index in [9.17, 15) is 0 Å². The van der Waals surface area contributed by atoms with Crippen molar-refractivity contribution in [2.24, 2.45) is 10.4 Å². The third kappa shape index (κ3) is 5.74. The SMILES string of the molecule is CCCOc1cc2c(Cc3cccc(NCNC4=NCC(C(C)(C)C)=C4)c3)ncnc2cc1C. The second kappa shape index (κ2) is 10.2. The molecule has 0 fully saturated rings. The molecule has 0 atom stereocenters. The number of hydrogen-bond acceptors (Lipinski definition) is 6. The Kier molecular flexibility index (Phi) is 7.15. The predicted octanol–water partition coefficient (Wildman–Crippen LogP) is 5.66. The molecule has 6 nitrogen and oxygen atoms in total. The van der Waals surface area contributed by atoms with Crippen molar-refractivity contribution in [2.75, 3.05) is 25.1 Å². The largest absolute Gasteiger partial charge is 0.493 e. The van der Waals surface area contributed by atoms with Crippen LogP contribution in [0.25, 0.3) is 10.9 Å². The van der Waals surface area contributed by atoms with Gasteiger partial charge >= 0.3 is 0 Å². The maximum absolute atomic E-state index is 5.94. The van der Waals surface area contributed by atoms with Crippen molar-refractivity contribution < 1.29 is 4.74 Å². The van der Waals surface area contributed by atoms with Gasteiger partial charge < -0.3 is 15.4 Å². The Morgan fingerprint density at radius 1 is 1.06 bits per heavy atom. The molecule has 2 heterocycles. The maximum atomic E-state index is 5.94. The third-order valence-corrected chi connectivity index (χ3v) is 6.03. The molecule has 0 amide bonds. The molecular formula is C28H35N5O. The summed E-state index contributed by atoms with van der Waals surface area (Å²) in [6.45, 7) is 12.9. The van der Waals surface area contributed by atoms with Crippen LogP contribution in [0.5, 0.6) is 5.75 Å². The van der Waals surface area contributed by atoms with E-state index >= 15 is 0 Å². The van der Waals surface area contributed by atoms with Crippen molar-refractivity contribution in [3.63, 3.8) is 0 Å². The van der Waals surface area contributed by atoms with Crippen molar-refractivity contribution in [1.82, 2.24) is 15.3 Å². The summed E-state index contributed by atoms with van der Waals surface area (Å²) in [7, 11) is 0. The van der Waals surface area contributed by atoms with Gasteiger partial charge in [-0.25, -0.2) is 9.97 Å². The maximum Gasteiger partial charge on any atom is 0.123 e. The second-order valence-corrected chi connectivity index (χ2v) is 9.83. The van der Waals surface area contributed by atoms with Gasteiger partial charge in [-0.15, -0.1) is 0 Å². The molecule has 6 heteroatoms. The number of fused-ring (bicyclic) bond motifs is 1. The van der Waals surface area contributed by atoms with Crippen LogP contribution in [-0.2, 0) is 6.42 Å². The zero-order chi connectivity index (χ0) is 24.1. The molecule has 4 rings (SSSR count). The number of aryl methyl sites for hydroxylation is 1. The Balaban J connectivity index is 1.44. The third-order valence-electron chi connectivity index (χ3n) is 6.03. The highest BCUT2D eigenvalue weighted by Crippen LogP contribution is 2.28. The van der Waals surface area contributed by atoms with Gasteiger partial charge in [0.15, 0.2) is 0 Å². The van der Waals surface area contributed by atoms with E-state index in [4.69, 9.17) is 4.74 Å². The number of amidine groups is 1. The highest BCUT2D eigenvalue weighted by atomic mass is 16.5. The first-order chi connectivity index (χ1) is 16.3. The van der Waals surface area contributed by atoms with Crippen LogP contribution in [-0.4, -0.2) is 35.6 Å². The lowest BCUT2D eigenvalue weighted by atomic mass is 9.87. The summed E-state index contributed by atoms with van der Waals surface area (Å²) in [5.41, 5.74) is 6.81. The second-order valence-electron chi connectivity index (χ2n) is 9.83. The Hall–Kier alpha value is -3.41. The fraction of sp³-hybridized carbons (Fsp3) is 0.393. The number of anilines is 1. The first-order valence-electron chi connectivity index (χ1n) is 12.0. The van der Waals surface area contributed by atoms with Crippen LogP contribution >= 0.6 is 0 Å². The highest BCUT2D eigenvalue weighted by Gasteiger charge is 2.20. The van der Waals surface area contributed by atoms with Crippen LogP contribution in [0, 0.1) is 12.3 Å². The van der Waals surface area contributed by atoms with E-state index < -0.39 is 0 Å². The topological polar surface area (TPSA) is 71.4 Å². The van der Waals surface area contributed by atoms with Crippen LogP contribution in [0.4, 0.5) is 5.69 Å². The molecule has 0 radical (unpaired) electrons. The number of aliphatic imine (C=N–C) groups is 1. The minimum atomic E-state index is 0.154. The van der Waals surface area contributed by atoms with Gasteiger partial charge in [0.25, 0.3) is 0 Å². The van der Waals surface area contributed by atoms with Crippen molar-refractivity contribution in [3.05, 3.63) is 71.2 Å². The smallest absolute Gasteiger partial charge is 0.123 e. The molecule has 0 spiro atoms. The Morgan fingerprint density at radius 3 is 2.68 bits per heavy atom. The Morgan fingerprint density at radius 2 is 1.91 bits per heavy atom. The lowest BCUT2D eigenvalue weighted by Crippen LogP contribution is -2.27. The molecule has 2 aromatic carbocycles. The summed E-state index contributed by atoms with van der Waals surface area (Å²) in [5.74, 6) is 1.85. The molecule has 0 saturated heterocycles. The molecular weight excluding hydrogens is 422 g/mol. The van der Waals surface area contributed by atoms with Crippen LogP contribution in [0.3, 0.4) is 0 Å². The summed E-state index contributed by atoms with van der Waals surface area (Å²) >= 11 is 0. The lowest BCUT2D eigenvalue weighted by Gasteiger charge is -2.18. The molecule has 0 aliphatic carbocycles. The fourth-order valence-corrected chi connectivity index (χ4v) is 3.96. The van der Waals surface area contributed by atoms with E-state index in [0.717, 1.165) is 58.8 Å². The molecule has 1 aliphatic rings. The average Bonchev–Trinajstić information content (AvgIpc) is 3.28. The summed E-state index contributed by atoms with van der Waals surface area (Å²) in [6, 6.07) is 12.6. The van der Waals surface area contributed by atoms with Gasteiger partial charge in [0.2, 0.25) is 0 Å². The molecule has 0 saturated carbocycles. The standard InChI is InChI=1S/C28H35N5O/c1-6-10-34-26-15-23-24(11-19(26)2)31-18-32-25(23)13-20-8-7-9-22(12-20)30-17-33-27-14-21(16-29-27)28(3,4)5/h7-9,11-12,14-15,18,30H,6,10,13,16-17H2,1-5H3,(H,29,33). The van der Waals surface area contributed by atoms with Crippen LogP contribution in [0.2, 0.25) is 0 Å². The van der Waals surface area contributed by atoms with Crippen LogP contribution in [0.15, 0.2) is 59.4 Å². The Bertz CT molecular complexity index is 1220. The fourth-order valence-electron chi connectivity index (χ4n) is 3.96. The van der Waals surface area contributed by atoms with Crippen LogP contribution in [0.1, 0.15) is 50.9 Å². The molecule has 1 aliphatic heterocycles. The summed E-state index contributed by atoms with van der Waals surface area (Å²) in [5, 5.41) is 7.88. The average molecular weight is 458 g/mol. The predicted molar refractivity (Wildman–Crippen MR) is 141 cm³/mol. The van der Waals surface area contributed by atoms with Gasteiger partial charge in [0, 0.05) is 17.5 Å². The Labute approximate surface area is 202 Å². The normalized spacial score (nSPS) is 13.6.